The zero-order valence-corrected chi connectivity index (χ0v) is 17.9. The molecule has 0 aromatic carbocycles. The summed E-state index contributed by atoms with van der Waals surface area (Å²) in [7, 11) is 4.48. The maximum absolute atomic E-state index is 5.77. The van der Waals surface area contributed by atoms with Crippen LogP contribution in [0.1, 0.15) is 26.7 Å². The summed E-state index contributed by atoms with van der Waals surface area (Å²) in [5, 5.41) is 0. The average Bonchev–Trinajstić information content (AvgIpc) is 2.59. The van der Waals surface area contributed by atoms with Gasteiger partial charge in [-0.15, -0.1) is 0 Å². The number of rotatable bonds is 10. The van der Waals surface area contributed by atoms with E-state index in [1.807, 2.05) is 13.8 Å². The second-order valence-corrected chi connectivity index (χ2v) is 11.8. The van der Waals surface area contributed by atoms with Gasteiger partial charge in [-0.3, -0.25) is 0 Å². The van der Waals surface area contributed by atoms with Crippen LogP contribution in [-0.2, 0) is 26.6 Å². The Balaban J connectivity index is 0. The second-order valence-electron chi connectivity index (χ2n) is 4.37. The summed E-state index contributed by atoms with van der Waals surface area (Å²) in [5.41, 5.74) is 5.63. The van der Waals surface area contributed by atoms with Crippen LogP contribution in [0.3, 0.4) is 0 Å². The standard InChI is InChI=1S/C6H17NO3Si.C6H16O3SSi/c1-5-6(7)11(8-2,9-3)10-4;1-5-6(10)11(7-2,8-3)9-4/h6H,5,7H2,1-4H3;6,10H,5H2,1-4H3. The molecule has 0 aromatic rings. The van der Waals surface area contributed by atoms with Crippen molar-refractivity contribution in [1.29, 1.82) is 0 Å². The zero-order chi connectivity index (χ0) is 17.8. The molecule has 0 radical (unpaired) electrons. The Morgan fingerprint density at radius 1 is 0.727 bits per heavy atom. The fourth-order valence-corrected chi connectivity index (χ4v) is 6.54. The lowest BCUT2D eigenvalue weighted by atomic mass is 10.5. The highest BCUT2D eigenvalue weighted by molar-refractivity contribution is 7.83. The predicted octanol–water partition coefficient (Wildman–Crippen LogP) is 1.25. The first kappa shape index (κ1) is 24.8. The summed E-state index contributed by atoms with van der Waals surface area (Å²) in [6.07, 6.45) is 1.67. The molecule has 0 saturated carbocycles. The molecule has 0 saturated heterocycles. The molecule has 2 N–H and O–H groups in total. The monoisotopic (exact) mass is 375 g/mol. The fraction of sp³-hybridized carbons (Fsp3) is 1.00. The van der Waals surface area contributed by atoms with Gasteiger partial charge in [0.2, 0.25) is 0 Å². The third-order valence-corrected chi connectivity index (χ3v) is 10.7. The molecular weight excluding hydrogens is 342 g/mol. The van der Waals surface area contributed by atoms with Crippen LogP contribution in [0, 0.1) is 0 Å². The Bertz CT molecular complexity index is 227. The van der Waals surface area contributed by atoms with Gasteiger partial charge in [-0.1, -0.05) is 13.8 Å². The molecule has 0 spiro atoms. The fourth-order valence-electron chi connectivity index (χ4n) is 1.86. The Hall–Kier alpha value is 0.504. The number of hydrogen-bond donors (Lipinski definition) is 2. The summed E-state index contributed by atoms with van der Waals surface area (Å²) in [6.45, 7) is 4.00. The first-order valence-electron chi connectivity index (χ1n) is 7.07. The van der Waals surface area contributed by atoms with Gasteiger partial charge in [0.25, 0.3) is 0 Å². The minimum atomic E-state index is -2.54. The third-order valence-electron chi connectivity index (χ3n) is 3.40. The molecule has 2 atom stereocenters. The van der Waals surface area contributed by atoms with E-state index >= 15 is 0 Å². The molecule has 0 heterocycles. The van der Waals surface area contributed by atoms with Gasteiger partial charge in [0.15, 0.2) is 0 Å². The van der Waals surface area contributed by atoms with Gasteiger partial charge in [0, 0.05) is 42.7 Å². The summed E-state index contributed by atoms with van der Waals surface area (Å²) >= 11 is 4.34. The molecule has 0 aliphatic rings. The summed E-state index contributed by atoms with van der Waals surface area (Å²) < 4.78 is 31.1. The largest absolute Gasteiger partial charge is 0.517 e. The van der Waals surface area contributed by atoms with Crippen LogP contribution in [0.4, 0.5) is 0 Å². The molecule has 0 aliphatic carbocycles. The van der Waals surface area contributed by atoms with Crippen LogP contribution in [0.25, 0.3) is 0 Å². The normalized spacial score (nSPS) is 15.0. The van der Waals surface area contributed by atoms with E-state index in [0.717, 1.165) is 12.8 Å². The third kappa shape index (κ3) is 6.55. The lowest BCUT2D eigenvalue weighted by molar-refractivity contribution is 0.112. The van der Waals surface area contributed by atoms with Crippen LogP contribution >= 0.6 is 12.6 Å². The molecule has 0 aromatic heterocycles. The Morgan fingerprint density at radius 3 is 1.14 bits per heavy atom. The lowest BCUT2D eigenvalue weighted by Crippen LogP contribution is -2.58. The van der Waals surface area contributed by atoms with Crippen molar-refractivity contribution in [3.05, 3.63) is 0 Å². The average molecular weight is 376 g/mol. The van der Waals surface area contributed by atoms with E-state index in [-0.39, 0.29) is 10.5 Å². The minimum absolute atomic E-state index is 0.0579. The smallest absolute Gasteiger partial charge is 0.376 e. The van der Waals surface area contributed by atoms with Crippen molar-refractivity contribution in [3.8, 4) is 0 Å². The molecule has 2 unspecified atom stereocenters. The predicted molar refractivity (Wildman–Crippen MR) is 94.9 cm³/mol. The number of nitrogens with two attached hydrogens (primary N) is 1. The molecule has 0 aliphatic heterocycles. The van der Waals surface area contributed by atoms with Crippen molar-refractivity contribution < 1.29 is 26.6 Å². The van der Waals surface area contributed by atoms with E-state index in [1.54, 1.807) is 42.7 Å². The Labute approximate surface area is 142 Å². The Kier molecular flexibility index (Phi) is 14.5. The Morgan fingerprint density at radius 2 is 1.05 bits per heavy atom. The van der Waals surface area contributed by atoms with Crippen molar-refractivity contribution in [1.82, 2.24) is 0 Å². The van der Waals surface area contributed by atoms with E-state index in [2.05, 4.69) is 12.6 Å². The highest BCUT2D eigenvalue weighted by Crippen LogP contribution is 2.19. The van der Waals surface area contributed by atoms with E-state index in [1.165, 1.54) is 0 Å². The van der Waals surface area contributed by atoms with Crippen molar-refractivity contribution in [2.45, 2.75) is 37.2 Å². The van der Waals surface area contributed by atoms with Crippen molar-refractivity contribution in [2.24, 2.45) is 5.73 Å². The highest BCUT2D eigenvalue weighted by Gasteiger charge is 2.45. The topological polar surface area (TPSA) is 81.4 Å². The number of hydrogen-bond acceptors (Lipinski definition) is 8. The lowest BCUT2D eigenvalue weighted by Gasteiger charge is -2.28. The SMILES string of the molecule is CCC(N)[Si](OC)(OC)OC.CCC(S)[Si](OC)(OC)OC. The van der Waals surface area contributed by atoms with Crippen LogP contribution in [0.5, 0.6) is 0 Å². The van der Waals surface area contributed by atoms with E-state index in [9.17, 15) is 0 Å². The van der Waals surface area contributed by atoms with Gasteiger partial charge >= 0.3 is 17.6 Å². The molecule has 0 rings (SSSR count). The van der Waals surface area contributed by atoms with Gasteiger partial charge in [-0.25, -0.2) is 0 Å². The summed E-state index contributed by atoms with van der Waals surface area (Å²) in [5.74, 6) is 0. The van der Waals surface area contributed by atoms with Gasteiger partial charge in [-0.2, -0.15) is 12.6 Å². The minimum Gasteiger partial charge on any atom is -0.376 e. The van der Waals surface area contributed by atoms with E-state index in [0.29, 0.717) is 0 Å². The zero-order valence-electron chi connectivity index (χ0n) is 15.0. The van der Waals surface area contributed by atoms with Gasteiger partial charge in [0.05, 0.1) is 10.5 Å². The van der Waals surface area contributed by atoms with Crippen LogP contribution in [-0.4, -0.2) is 70.8 Å². The van der Waals surface area contributed by atoms with E-state index < -0.39 is 17.6 Å². The molecule has 136 valence electrons. The van der Waals surface area contributed by atoms with Crippen LogP contribution in [0.15, 0.2) is 0 Å². The van der Waals surface area contributed by atoms with Crippen molar-refractivity contribution in [2.75, 3.05) is 42.7 Å². The second kappa shape index (κ2) is 12.9. The highest BCUT2D eigenvalue weighted by atomic mass is 32.1. The first-order valence-corrected chi connectivity index (χ1v) is 11.2. The molecular formula is C12H33NO6SSi2. The van der Waals surface area contributed by atoms with Gasteiger partial charge in [0.1, 0.15) is 0 Å². The van der Waals surface area contributed by atoms with E-state index in [4.69, 9.17) is 32.3 Å². The number of thiol groups is 1. The molecule has 0 amide bonds. The van der Waals surface area contributed by atoms with Crippen LogP contribution < -0.4 is 5.73 Å². The summed E-state index contributed by atoms with van der Waals surface area (Å²) in [4.78, 5) is 0.0579. The molecule has 7 nitrogen and oxygen atoms in total. The van der Waals surface area contributed by atoms with Gasteiger partial charge < -0.3 is 32.3 Å². The van der Waals surface area contributed by atoms with Crippen molar-refractivity contribution in [3.63, 3.8) is 0 Å². The molecule has 22 heavy (non-hydrogen) atoms. The molecule has 0 bridgehead atoms. The van der Waals surface area contributed by atoms with Gasteiger partial charge in [-0.05, 0) is 12.8 Å². The maximum Gasteiger partial charge on any atom is 0.517 e. The maximum atomic E-state index is 5.77. The van der Waals surface area contributed by atoms with Crippen LogP contribution in [0.2, 0.25) is 0 Å². The first-order chi connectivity index (χ1) is 10.3. The summed E-state index contributed by atoms with van der Waals surface area (Å²) in [6, 6.07) is 0. The quantitative estimate of drug-likeness (QED) is 0.439. The molecule has 0 fully saturated rings. The molecule has 10 heteroatoms. The van der Waals surface area contributed by atoms with Crippen molar-refractivity contribution >= 4 is 30.2 Å².